The van der Waals surface area contributed by atoms with Gasteiger partial charge in [0.2, 0.25) is 0 Å². The molecule has 7 heteroatoms. The Balaban J connectivity index is 0.00000312. The molecule has 0 aliphatic rings. The number of hydrogen-bond donors (Lipinski definition) is 2. The summed E-state index contributed by atoms with van der Waals surface area (Å²) in [5.74, 6) is 1.68. The van der Waals surface area contributed by atoms with Crippen molar-refractivity contribution in [2.24, 2.45) is 4.99 Å². The lowest BCUT2D eigenvalue weighted by molar-refractivity contribution is 0.180. The number of rotatable bonds is 9. The fourth-order valence-electron chi connectivity index (χ4n) is 2.47. The molecule has 25 heavy (non-hydrogen) atoms. The minimum Gasteiger partial charge on any atom is -0.459 e. The van der Waals surface area contributed by atoms with Gasteiger partial charge in [0.25, 0.3) is 0 Å². The second-order valence-electron chi connectivity index (χ2n) is 5.75. The van der Waals surface area contributed by atoms with Gasteiger partial charge in [-0.05, 0) is 25.6 Å². The van der Waals surface area contributed by atoms with Gasteiger partial charge in [-0.25, -0.2) is 0 Å². The van der Waals surface area contributed by atoms with Crippen LogP contribution in [0.3, 0.4) is 0 Å². The van der Waals surface area contributed by atoms with Crippen LogP contribution in [0.15, 0.2) is 39.7 Å². The predicted molar refractivity (Wildman–Crippen MR) is 114 cm³/mol. The van der Waals surface area contributed by atoms with Crippen LogP contribution in [0.5, 0.6) is 0 Å². The first-order chi connectivity index (χ1) is 11.7. The van der Waals surface area contributed by atoms with E-state index in [0.29, 0.717) is 6.54 Å². The molecule has 0 aliphatic carbocycles. The number of benzene rings is 1. The van der Waals surface area contributed by atoms with Gasteiger partial charge >= 0.3 is 0 Å². The summed E-state index contributed by atoms with van der Waals surface area (Å²) in [5, 5.41) is 7.72. The summed E-state index contributed by atoms with van der Waals surface area (Å²) in [7, 11) is 5.62. The Bertz CT molecular complexity index is 612. The van der Waals surface area contributed by atoms with Gasteiger partial charge in [-0.1, -0.05) is 18.2 Å². The van der Waals surface area contributed by atoms with Crippen molar-refractivity contribution in [3.8, 4) is 0 Å². The van der Waals surface area contributed by atoms with E-state index in [9.17, 15) is 0 Å². The first-order valence-electron chi connectivity index (χ1n) is 8.32. The van der Waals surface area contributed by atoms with Crippen molar-refractivity contribution < 1.29 is 9.15 Å². The van der Waals surface area contributed by atoms with Crippen LogP contribution in [0.25, 0.3) is 11.0 Å². The van der Waals surface area contributed by atoms with Gasteiger partial charge < -0.3 is 24.7 Å². The maximum Gasteiger partial charge on any atom is 0.191 e. The summed E-state index contributed by atoms with van der Waals surface area (Å²) < 4.78 is 10.9. The Kier molecular flexibility index (Phi) is 10.5. The molecule has 0 radical (unpaired) electrons. The van der Waals surface area contributed by atoms with Crippen molar-refractivity contribution in [2.45, 2.75) is 13.0 Å². The molecular weight excluding hydrogens is 431 g/mol. The number of furan rings is 1. The largest absolute Gasteiger partial charge is 0.459 e. The van der Waals surface area contributed by atoms with E-state index in [1.54, 1.807) is 14.2 Å². The lowest BCUT2D eigenvalue weighted by atomic mass is 10.2. The van der Waals surface area contributed by atoms with Crippen molar-refractivity contribution in [1.29, 1.82) is 0 Å². The van der Waals surface area contributed by atoms with E-state index in [1.165, 1.54) is 0 Å². The van der Waals surface area contributed by atoms with Gasteiger partial charge in [0, 0.05) is 45.8 Å². The molecule has 2 aromatic rings. The molecule has 1 aromatic heterocycles. The lowest BCUT2D eigenvalue weighted by Gasteiger charge is -2.17. The molecule has 0 bridgehead atoms. The van der Waals surface area contributed by atoms with Gasteiger partial charge in [0.15, 0.2) is 5.96 Å². The first-order valence-corrected chi connectivity index (χ1v) is 8.32. The van der Waals surface area contributed by atoms with Gasteiger partial charge in [0.1, 0.15) is 11.3 Å². The fourth-order valence-corrected chi connectivity index (χ4v) is 2.47. The zero-order valence-electron chi connectivity index (χ0n) is 15.2. The van der Waals surface area contributed by atoms with Crippen molar-refractivity contribution in [2.75, 3.05) is 47.4 Å². The lowest BCUT2D eigenvalue weighted by Crippen LogP contribution is -2.40. The molecule has 2 rings (SSSR count). The zero-order chi connectivity index (χ0) is 17.2. The highest BCUT2D eigenvalue weighted by atomic mass is 127. The van der Waals surface area contributed by atoms with E-state index in [0.717, 1.165) is 55.4 Å². The molecular formula is C18H29IN4O2. The van der Waals surface area contributed by atoms with Crippen LogP contribution in [0.1, 0.15) is 12.2 Å². The minimum atomic E-state index is 0. The highest BCUT2D eigenvalue weighted by Gasteiger charge is 2.05. The average molecular weight is 460 g/mol. The third-order valence-corrected chi connectivity index (χ3v) is 3.80. The Morgan fingerprint density at radius 1 is 1.24 bits per heavy atom. The van der Waals surface area contributed by atoms with Crippen LogP contribution >= 0.6 is 24.0 Å². The quantitative estimate of drug-likeness (QED) is 0.261. The molecule has 0 saturated carbocycles. The number of halogens is 1. The smallest absolute Gasteiger partial charge is 0.191 e. The molecule has 0 fully saturated rings. The Morgan fingerprint density at radius 2 is 2.04 bits per heavy atom. The van der Waals surface area contributed by atoms with Crippen LogP contribution in [0.2, 0.25) is 0 Å². The molecule has 0 amide bonds. The maximum absolute atomic E-state index is 5.80. The molecule has 0 atom stereocenters. The van der Waals surface area contributed by atoms with Crippen LogP contribution in [-0.4, -0.2) is 58.3 Å². The number of ether oxygens (including phenoxy) is 1. The Labute approximate surface area is 167 Å². The third kappa shape index (κ3) is 7.62. The number of para-hydroxylation sites is 1. The maximum atomic E-state index is 5.80. The van der Waals surface area contributed by atoms with Crippen molar-refractivity contribution >= 4 is 40.9 Å². The summed E-state index contributed by atoms with van der Waals surface area (Å²) in [4.78, 5) is 6.52. The van der Waals surface area contributed by atoms with E-state index >= 15 is 0 Å². The van der Waals surface area contributed by atoms with Crippen molar-refractivity contribution in [3.05, 3.63) is 36.1 Å². The second kappa shape index (κ2) is 12.1. The van der Waals surface area contributed by atoms with Gasteiger partial charge in [0.05, 0.1) is 6.54 Å². The molecule has 140 valence electrons. The number of fused-ring (bicyclic) bond motifs is 1. The molecule has 6 nitrogen and oxygen atoms in total. The van der Waals surface area contributed by atoms with Gasteiger partial charge in [-0.3, -0.25) is 4.99 Å². The fraction of sp³-hybridized carbons (Fsp3) is 0.500. The molecule has 2 N–H and O–H groups in total. The molecule has 0 unspecified atom stereocenters. The number of guanidine groups is 1. The standard InChI is InChI=1S/C18H28N4O2.HI/c1-19-18(20-9-11-22(2)10-6-12-23-3)21-14-16-13-15-7-4-5-8-17(15)24-16;/h4-5,7-8,13H,6,9-12,14H2,1-3H3,(H2,19,20,21);1H. The second-order valence-corrected chi connectivity index (χ2v) is 5.75. The normalized spacial score (nSPS) is 11.6. The van der Waals surface area contributed by atoms with E-state index in [-0.39, 0.29) is 24.0 Å². The van der Waals surface area contributed by atoms with E-state index in [1.807, 2.05) is 18.2 Å². The highest BCUT2D eigenvalue weighted by Crippen LogP contribution is 2.18. The average Bonchev–Trinajstić information content (AvgIpc) is 3.01. The molecule has 0 spiro atoms. The van der Waals surface area contributed by atoms with E-state index in [4.69, 9.17) is 9.15 Å². The summed E-state index contributed by atoms with van der Waals surface area (Å²) in [6, 6.07) is 10.1. The Hall–Kier alpha value is -1.32. The van der Waals surface area contributed by atoms with E-state index < -0.39 is 0 Å². The molecule has 0 saturated heterocycles. The van der Waals surface area contributed by atoms with Crippen LogP contribution in [-0.2, 0) is 11.3 Å². The van der Waals surface area contributed by atoms with E-state index in [2.05, 4.69) is 39.7 Å². The van der Waals surface area contributed by atoms with Crippen molar-refractivity contribution in [3.63, 3.8) is 0 Å². The number of hydrogen-bond acceptors (Lipinski definition) is 4. The summed E-state index contributed by atoms with van der Waals surface area (Å²) in [5.41, 5.74) is 0.912. The Morgan fingerprint density at radius 3 is 2.76 bits per heavy atom. The minimum absolute atomic E-state index is 0. The molecule has 1 aromatic carbocycles. The number of nitrogens with one attached hydrogen (secondary N) is 2. The van der Waals surface area contributed by atoms with Crippen LogP contribution in [0.4, 0.5) is 0 Å². The molecule has 0 aliphatic heterocycles. The topological polar surface area (TPSA) is 62.0 Å². The van der Waals surface area contributed by atoms with Gasteiger partial charge in [-0.2, -0.15) is 0 Å². The summed E-state index contributed by atoms with van der Waals surface area (Å²) >= 11 is 0. The monoisotopic (exact) mass is 460 g/mol. The van der Waals surface area contributed by atoms with Gasteiger partial charge in [-0.15, -0.1) is 24.0 Å². The zero-order valence-corrected chi connectivity index (χ0v) is 17.6. The predicted octanol–water partition coefficient (Wildman–Crippen LogP) is 2.68. The SMILES string of the molecule is CN=C(NCCN(C)CCCOC)NCc1cc2ccccc2o1.I. The summed E-state index contributed by atoms with van der Waals surface area (Å²) in [6.45, 7) is 4.23. The number of likely N-dealkylation sites (N-methyl/N-ethyl adjacent to an activating group) is 1. The number of nitrogens with zero attached hydrogens (tertiary/aromatic N) is 2. The van der Waals surface area contributed by atoms with Crippen LogP contribution in [0, 0.1) is 0 Å². The van der Waals surface area contributed by atoms with Crippen LogP contribution < -0.4 is 10.6 Å². The highest BCUT2D eigenvalue weighted by molar-refractivity contribution is 14.0. The number of methoxy groups -OCH3 is 1. The number of aliphatic imine (C=N–C) groups is 1. The third-order valence-electron chi connectivity index (χ3n) is 3.80. The van der Waals surface area contributed by atoms with Crippen molar-refractivity contribution in [1.82, 2.24) is 15.5 Å². The molecule has 1 heterocycles. The summed E-state index contributed by atoms with van der Waals surface area (Å²) in [6.07, 6.45) is 1.05. The first kappa shape index (κ1) is 21.7.